The van der Waals surface area contributed by atoms with E-state index in [0.717, 1.165) is 49.7 Å². The van der Waals surface area contributed by atoms with E-state index in [0.29, 0.717) is 23.0 Å². The van der Waals surface area contributed by atoms with Crippen LogP contribution in [0.1, 0.15) is 22.9 Å². The Kier molecular flexibility index (Phi) is 7.89. The van der Waals surface area contributed by atoms with Gasteiger partial charge in [-0.2, -0.15) is 0 Å². The molecule has 1 fully saturated rings. The predicted octanol–water partition coefficient (Wildman–Crippen LogP) is 6.95. The second kappa shape index (κ2) is 12.8. The minimum Gasteiger partial charge on any atom is -0.497 e. The molecular weight excluding hydrogens is 656 g/mol. The SMILES string of the molecule is COc1ccc(C(OC[C@H]2O[C@@H](n3cc4c5c(ncnc53)Nc3cc5ccccc5cc3-4)[C@H](O)[C@@H]2O)(c2ccccc2)c2ccc(OC)cc2)cc1. The van der Waals surface area contributed by atoms with Gasteiger partial charge >= 0.3 is 0 Å². The van der Waals surface area contributed by atoms with Crippen LogP contribution in [0.4, 0.5) is 11.5 Å². The number of rotatable bonds is 9. The summed E-state index contributed by atoms with van der Waals surface area (Å²) in [6, 6.07) is 37.9. The largest absolute Gasteiger partial charge is 0.497 e. The Labute approximate surface area is 299 Å². The lowest BCUT2D eigenvalue weighted by Gasteiger charge is -2.37. The van der Waals surface area contributed by atoms with Crippen molar-refractivity contribution in [3.8, 4) is 22.6 Å². The molecule has 9 rings (SSSR count). The molecule has 0 spiro atoms. The summed E-state index contributed by atoms with van der Waals surface area (Å²) in [5.74, 6) is 2.09. The standard InChI is InChI=1S/C42H36N4O6/c1-49-30-16-12-28(13-17-30)42(27-10-4-3-5-11-27,29-14-18-31(50-2)19-15-29)51-23-35-37(47)38(48)41(52-35)46-22-33-32-20-25-8-6-7-9-26(25)21-34(32)45-39-36(33)40(46)44-24-43-39/h3-22,24,35,37-38,41,47-48H,23H2,1-2H3,(H,43,44,45)/t35-,37-,38-,41-/m1/s1. The number of ether oxygens (including phenoxy) is 4. The molecule has 0 unspecified atom stereocenters. The first kappa shape index (κ1) is 32.1. The van der Waals surface area contributed by atoms with Gasteiger partial charge in [0, 0.05) is 23.0 Å². The van der Waals surface area contributed by atoms with E-state index < -0.39 is 30.1 Å². The van der Waals surface area contributed by atoms with Gasteiger partial charge in [0.2, 0.25) is 0 Å². The Morgan fingerprint density at radius 2 is 1.35 bits per heavy atom. The summed E-state index contributed by atoms with van der Waals surface area (Å²) in [5.41, 5.74) is 4.85. The maximum absolute atomic E-state index is 11.6. The minimum atomic E-state index is -1.27. The van der Waals surface area contributed by atoms with Gasteiger partial charge in [0.25, 0.3) is 0 Å². The third-order valence-corrected chi connectivity index (χ3v) is 10.3. The maximum atomic E-state index is 11.6. The van der Waals surface area contributed by atoms with Crippen LogP contribution in [-0.2, 0) is 15.1 Å². The van der Waals surface area contributed by atoms with Gasteiger partial charge in [0.15, 0.2) is 6.23 Å². The minimum absolute atomic E-state index is 0.0512. The van der Waals surface area contributed by atoms with Crippen LogP contribution >= 0.6 is 0 Å². The number of aliphatic hydroxyl groups excluding tert-OH is 2. The molecule has 52 heavy (non-hydrogen) atoms. The lowest BCUT2D eigenvalue weighted by Crippen LogP contribution is -2.39. The van der Waals surface area contributed by atoms with Crippen molar-refractivity contribution >= 4 is 33.3 Å². The van der Waals surface area contributed by atoms with Crippen molar-refractivity contribution in [2.45, 2.75) is 30.1 Å². The molecule has 2 aromatic heterocycles. The number of hydrogen-bond donors (Lipinski definition) is 3. The topological polar surface area (TPSA) is 120 Å². The van der Waals surface area contributed by atoms with Crippen molar-refractivity contribution in [1.82, 2.24) is 14.5 Å². The molecule has 4 heterocycles. The van der Waals surface area contributed by atoms with Crippen molar-refractivity contribution in [2.24, 2.45) is 0 Å². The quantitative estimate of drug-likeness (QED) is 0.138. The van der Waals surface area contributed by atoms with E-state index in [4.69, 9.17) is 18.9 Å². The van der Waals surface area contributed by atoms with E-state index >= 15 is 0 Å². The van der Waals surface area contributed by atoms with Crippen LogP contribution in [0.25, 0.3) is 32.9 Å². The maximum Gasteiger partial charge on any atom is 0.164 e. The van der Waals surface area contributed by atoms with Crippen LogP contribution in [-0.4, -0.2) is 63.9 Å². The first-order valence-electron chi connectivity index (χ1n) is 17.1. The van der Waals surface area contributed by atoms with Gasteiger partial charge in [-0.05, 0) is 63.9 Å². The fourth-order valence-corrected chi connectivity index (χ4v) is 7.65. The molecule has 0 bridgehead atoms. The zero-order valence-electron chi connectivity index (χ0n) is 28.5. The van der Waals surface area contributed by atoms with Gasteiger partial charge in [-0.15, -0.1) is 0 Å². The van der Waals surface area contributed by atoms with Gasteiger partial charge in [-0.3, -0.25) is 0 Å². The zero-order chi connectivity index (χ0) is 35.4. The summed E-state index contributed by atoms with van der Waals surface area (Å²) < 4.78 is 26.3. The smallest absolute Gasteiger partial charge is 0.164 e. The van der Waals surface area contributed by atoms with E-state index in [2.05, 4.69) is 39.6 Å². The number of aromatic nitrogens is 3. The highest BCUT2D eigenvalue weighted by molar-refractivity contribution is 6.11. The van der Waals surface area contributed by atoms with Crippen molar-refractivity contribution in [2.75, 3.05) is 26.1 Å². The number of nitrogens with one attached hydrogen (secondary N) is 1. The highest BCUT2D eigenvalue weighted by Crippen LogP contribution is 2.47. The van der Waals surface area contributed by atoms with Gasteiger partial charge in [-0.25, -0.2) is 9.97 Å². The third kappa shape index (κ3) is 5.10. The Balaban J connectivity index is 1.09. The number of nitrogens with zero attached hydrogens (tertiary/aromatic N) is 3. The number of hydrogen-bond acceptors (Lipinski definition) is 9. The van der Waals surface area contributed by atoms with Crippen LogP contribution in [0.2, 0.25) is 0 Å². The van der Waals surface area contributed by atoms with Gasteiger partial charge in [0.1, 0.15) is 53.2 Å². The average Bonchev–Trinajstić information content (AvgIpc) is 3.72. The molecule has 4 atom stereocenters. The second-order valence-electron chi connectivity index (χ2n) is 13.1. The van der Waals surface area contributed by atoms with Crippen LogP contribution in [0.15, 0.2) is 128 Å². The van der Waals surface area contributed by atoms with Crippen molar-refractivity contribution in [1.29, 1.82) is 0 Å². The molecular formula is C42H36N4O6. The van der Waals surface area contributed by atoms with E-state index in [1.165, 1.54) is 6.33 Å². The summed E-state index contributed by atoms with van der Waals surface area (Å²) in [6.07, 6.45) is -0.934. The Hall–Kier alpha value is -5.78. The first-order valence-corrected chi connectivity index (χ1v) is 17.1. The molecule has 2 aliphatic heterocycles. The Morgan fingerprint density at radius 1 is 0.731 bits per heavy atom. The molecule has 1 saturated heterocycles. The molecule has 10 nitrogen and oxygen atoms in total. The summed E-state index contributed by atoms with van der Waals surface area (Å²) in [5, 5.41) is 29.7. The highest BCUT2D eigenvalue weighted by atomic mass is 16.6. The van der Waals surface area contributed by atoms with Crippen molar-refractivity contribution in [3.63, 3.8) is 0 Å². The number of anilines is 2. The molecule has 7 aromatic rings. The zero-order valence-corrected chi connectivity index (χ0v) is 28.5. The Morgan fingerprint density at radius 3 is 2.00 bits per heavy atom. The molecule has 0 saturated carbocycles. The predicted molar refractivity (Wildman–Crippen MR) is 198 cm³/mol. The first-order chi connectivity index (χ1) is 25.5. The van der Waals surface area contributed by atoms with E-state index in [-0.39, 0.29) is 6.61 Å². The summed E-state index contributed by atoms with van der Waals surface area (Å²) >= 11 is 0. The van der Waals surface area contributed by atoms with Crippen molar-refractivity contribution in [3.05, 3.63) is 144 Å². The number of benzene rings is 5. The fourth-order valence-electron chi connectivity index (χ4n) is 7.65. The number of methoxy groups -OCH3 is 2. The lowest BCUT2D eigenvalue weighted by atomic mass is 9.80. The van der Waals surface area contributed by atoms with Crippen LogP contribution in [0, 0.1) is 0 Å². The lowest BCUT2D eigenvalue weighted by molar-refractivity contribution is -0.0941. The molecule has 0 aliphatic carbocycles. The van der Waals surface area contributed by atoms with Gasteiger partial charge < -0.3 is 39.0 Å². The normalized spacial score (nSPS) is 19.4. The van der Waals surface area contributed by atoms with Crippen LogP contribution < -0.4 is 14.8 Å². The molecule has 2 aliphatic rings. The van der Waals surface area contributed by atoms with Crippen molar-refractivity contribution < 1.29 is 29.2 Å². The molecule has 260 valence electrons. The average molecular weight is 693 g/mol. The molecule has 0 radical (unpaired) electrons. The molecule has 10 heteroatoms. The van der Waals surface area contributed by atoms with E-state index in [9.17, 15) is 10.2 Å². The van der Waals surface area contributed by atoms with Crippen LogP contribution in [0.5, 0.6) is 11.5 Å². The van der Waals surface area contributed by atoms with Crippen LogP contribution in [0.3, 0.4) is 0 Å². The monoisotopic (exact) mass is 692 g/mol. The number of aliphatic hydroxyl groups is 2. The number of fused-ring (bicyclic) bond motifs is 3. The molecule has 0 amide bonds. The summed E-state index contributed by atoms with van der Waals surface area (Å²) in [4.78, 5) is 9.17. The second-order valence-corrected chi connectivity index (χ2v) is 13.1. The third-order valence-electron chi connectivity index (χ3n) is 10.3. The van der Waals surface area contributed by atoms with Gasteiger partial charge in [-0.1, -0.05) is 78.9 Å². The van der Waals surface area contributed by atoms with E-state index in [1.54, 1.807) is 18.8 Å². The van der Waals surface area contributed by atoms with E-state index in [1.807, 2.05) is 97.2 Å². The molecule has 3 N–H and O–H groups in total. The van der Waals surface area contributed by atoms with Gasteiger partial charge in [0.05, 0.1) is 26.2 Å². The Bertz CT molecular complexity index is 2350. The summed E-state index contributed by atoms with van der Waals surface area (Å²) in [6.45, 7) is -0.0512. The molecule has 5 aromatic carbocycles. The summed E-state index contributed by atoms with van der Waals surface area (Å²) in [7, 11) is 3.26. The highest BCUT2D eigenvalue weighted by Gasteiger charge is 2.47. The fraction of sp³-hybridized carbons (Fsp3) is 0.190.